The fraction of sp³-hybridized carbons (Fsp3) is 0.500. The minimum absolute atomic E-state index is 0.0556. The topological polar surface area (TPSA) is 135 Å². The maximum atomic E-state index is 15.0. The third-order valence-corrected chi connectivity index (χ3v) is 10.6. The maximum Gasteiger partial charge on any atom is 0.313 e. The summed E-state index contributed by atoms with van der Waals surface area (Å²) in [5.74, 6) is -3.70. The molecule has 0 aliphatic carbocycles. The second-order valence-corrected chi connectivity index (χ2v) is 13.7. The van der Waals surface area contributed by atoms with Crippen molar-refractivity contribution in [1.82, 2.24) is 10.2 Å². The summed E-state index contributed by atoms with van der Waals surface area (Å²) in [5.41, 5.74) is 1.82. The van der Waals surface area contributed by atoms with Gasteiger partial charge in [0.2, 0.25) is 11.8 Å². The lowest BCUT2D eigenvalue weighted by molar-refractivity contribution is -0.163. The van der Waals surface area contributed by atoms with E-state index in [-0.39, 0.29) is 38.0 Å². The van der Waals surface area contributed by atoms with Crippen LogP contribution in [0.1, 0.15) is 61.8 Å². The average molecular weight is 702 g/mol. The fourth-order valence-electron chi connectivity index (χ4n) is 8.37. The molecule has 2 aromatic carbocycles. The largest absolute Gasteiger partial charge is 0.455 e. The first-order valence-corrected chi connectivity index (χ1v) is 17.8. The molecule has 2 bridgehead atoms. The zero-order valence-corrected chi connectivity index (χ0v) is 30.1. The molecular weight excluding hydrogens is 650 g/mol. The summed E-state index contributed by atoms with van der Waals surface area (Å²) in [6, 6.07) is 12.4. The van der Waals surface area contributed by atoms with E-state index in [1.54, 1.807) is 29.2 Å². The highest BCUT2D eigenvalue weighted by Crippen LogP contribution is 2.59. The smallest absolute Gasteiger partial charge is 0.313 e. The molecule has 3 aliphatic rings. The fourth-order valence-corrected chi connectivity index (χ4v) is 8.37. The monoisotopic (exact) mass is 701 g/mol. The van der Waals surface area contributed by atoms with Crippen molar-refractivity contribution in [3.05, 3.63) is 90.5 Å². The summed E-state index contributed by atoms with van der Waals surface area (Å²) in [5, 5.41) is 13.5. The number of nitrogens with one attached hydrogen (secondary N) is 1. The highest BCUT2D eigenvalue weighted by molar-refractivity contribution is 6.05. The Bertz CT molecular complexity index is 1590. The van der Waals surface area contributed by atoms with Crippen LogP contribution in [-0.2, 0) is 33.4 Å². The van der Waals surface area contributed by atoms with Gasteiger partial charge in [0.05, 0.1) is 43.2 Å². The van der Waals surface area contributed by atoms with E-state index in [1.807, 2.05) is 57.2 Å². The number of aryl methyl sites for hydroxylation is 2. The average Bonchev–Trinajstić information content (AvgIpc) is 3.77. The summed E-state index contributed by atoms with van der Waals surface area (Å²) >= 11 is 0. The number of allylic oxidation sites excluding steroid dienone is 1. The normalized spacial score (nSPS) is 25.1. The minimum atomic E-state index is -1.31. The highest BCUT2D eigenvalue weighted by Gasteiger charge is 2.75. The third-order valence-electron chi connectivity index (χ3n) is 10.6. The van der Waals surface area contributed by atoms with Crippen LogP contribution in [0, 0.1) is 25.7 Å². The number of carbonyl (C=O) groups excluding carboxylic acids is 4. The molecule has 0 saturated carbocycles. The van der Waals surface area contributed by atoms with E-state index in [0.717, 1.165) is 16.8 Å². The molecular formula is C40H51N3O8. The first-order valence-electron chi connectivity index (χ1n) is 17.8. The standard InChI is InChI=1S/C40H51N3O8/c1-7-10-19-31(45)41-29(24-49-6)35(27-17-12-11-13-18-27)50-39(48)32-30-20-21-40(51-30)33(32)37(46)43(28(9-3)23-44)36(40)38(47)42(22-8-2)34-25(4)15-14-16-26(34)5/h7-8,11-18,28-30,32-33,35-36,44H,1-2,9-10,19-24H2,3-6H3,(H,41,45)/t28-,29+,30+,32-,33-,35+,36+,40-/m0/s1. The number of rotatable bonds is 17. The number of esters is 1. The zero-order valence-electron chi connectivity index (χ0n) is 30.1. The highest BCUT2D eigenvalue weighted by atomic mass is 16.6. The molecule has 3 heterocycles. The van der Waals surface area contributed by atoms with Gasteiger partial charge in [-0.1, -0.05) is 67.6 Å². The van der Waals surface area contributed by atoms with Gasteiger partial charge in [0, 0.05) is 25.8 Å². The van der Waals surface area contributed by atoms with Gasteiger partial charge < -0.3 is 34.4 Å². The van der Waals surface area contributed by atoms with Gasteiger partial charge in [-0.3, -0.25) is 19.2 Å². The van der Waals surface area contributed by atoms with Crippen LogP contribution < -0.4 is 10.2 Å². The van der Waals surface area contributed by atoms with Crippen molar-refractivity contribution in [2.45, 2.75) is 88.8 Å². The molecule has 2 N–H and O–H groups in total. The van der Waals surface area contributed by atoms with Crippen molar-refractivity contribution >= 4 is 29.4 Å². The van der Waals surface area contributed by atoms with Crippen LogP contribution >= 0.6 is 0 Å². The quantitative estimate of drug-likeness (QED) is 0.184. The van der Waals surface area contributed by atoms with Crippen LogP contribution in [0.25, 0.3) is 0 Å². The molecule has 3 aliphatic heterocycles. The molecule has 3 saturated heterocycles. The Kier molecular flexibility index (Phi) is 12.2. The summed E-state index contributed by atoms with van der Waals surface area (Å²) in [4.78, 5) is 60.2. The van der Waals surface area contributed by atoms with Crippen LogP contribution in [-0.4, -0.2) is 90.4 Å². The summed E-state index contributed by atoms with van der Waals surface area (Å²) in [6.45, 7) is 13.2. The van der Waals surface area contributed by atoms with E-state index in [2.05, 4.69) is 18.5 Å². The summed E-state index contributed by atoms with van der Waals surface area (Å²) < 4.78 is 18.5. The number of para-hydroxylation sites is 1. The molecule has 3 fully saturated rings. The predicted molar refractivity (Wildman–Crippen MR) is 193 cm³/mol. The van der Waals surface area contributed by atoms with Crippen molar-refractivity contribution < 1.29 is 38.5 Å². The number of hydrogen-bond donors (Lipinski definition) is 2. The zero-order chi connectivity index (χ0) is 36.9. The molecule has 5 rings (SSSR count). The second-order valence-electron chi connectivity index (χ2n) is 13.7. The number of aliphatic hydroxyl groups excluding tert-OH is 1. The van der Waals surface area contributed by atoms with Crippen molar-refractivity contribution in [3.63, 3.8) is 0 Å². The summed E-state index contributed by atoms with van der Waals surface area (Å²) in [7, 11) is 1.50. The van der Waals surface area contributed by atoms with Gasteiger partial charge >= 0.3 is 5.97 Å². The van der Waals surface area contributed by atoms with Gasteiger partial charge in [-0.2, -0.15) is 0 Å². The Morgan fingerprint density at radius 1 is 1.12 bits per heavy atom. The first-order chi connectivity index (χ1) is 24.6. The number of amides is 3. The van der Waals surface area contributed by atoms with E-state index in [1.165, 1.54) is 12.0 Å². The number of likely N-dealkylation sites (tertiary alicyclic amines) is 1. The number of benzene rings is 2. The lowest BCUT2D eigenvalue weighted by atomic mass is 9.70. The Morgan fingerprint density at radius 2 is 1.82 bits per heavy atom. The molecule has 1 spiro atoms. The van der Waals surface area contributed by atoms with Crippen LogP contribution in [0.3, 0.4) is 0 Å². The Balaban J connectivity index is 1.54. The number of hydrogen-bond acceptors (Lipinski definition) is 8. The molecule has 0 radical (unpaired) electrons. The van der Waals surface area contributed by atoms with E-state index < -0.39 is 59.6 Å². The molecule has 3 amide bonds. The van der Waals surface area contributed by atoms with Gasteiger partial charge in [0.1, 0.15) is 17.7 Å². The molecule has 51 heavy (non-hydrogen) atoms. The Labute approximate surface area is 300 Å². The molecule has 8 atom stereocenters. The molecule has 274 valence electrons. The van der Waals surface area contributed by atoms with Crippen molar-refractivity contribution in [2.75, 3.05) is 31.8 Å². The maximum absolute atomic E-state index is 15.0. The van der Waals surface area contributed by atoms with Gasteiger partial charge in [-0.05, 0) is 56.2 Å². The first kappa shape index (κ1) is 37.9. The van der Waals surface area contributed by atoms with Crippen LogP contribution in [0.5, 0.6) is 0 Å². The lowest BCUT2D eigenvalue weighted by Gasteiger charge is -2.39. The van der Waals surface area contributed by atoms with Crippen LogP contribution in [0.2, 0.25) is 0 Å². The number of ether oxygens (including phenoxy) is 3. The molecule has 11 nitrogen and oxygen atoms in total. The summed E-state index contributed by atoms with van der Waals surface area (Å²) in [6.07, 6.45) is 3.59. The number of nitrogens with zero attached hydrogens (tertiary/aromatic N) is 2. The van der Waals surface area contributed by atoms with Crippen molar-refractivity contribution in [1.29, 1.82) is 0 Å². The Hall–Kier alpha value is -4.32. The van der Waals surface area contributed by atoms with Gasteiger partial charge in [0.15, 0.2) is 0 Å². The van der Waals surface area contributed by atoms with Crippen molar-refractivity contribution in [2.24, 2.45) is 11.8 Å². The van der Waals surface area contributed by atoms with E-state index >= 15 is 0 Å². The van der Waals surface area contributed by atoms with E-state index in [9.17, 15) is 24.3 Å². The predicted octanol–water partition coefficient (Wildman–Crippen LogP) is 4.35. The Morgan fingerprint density at radius 3 is 2.43 bits per heavy atom. The van der Waals surface area contributed by atoms with Crippen molar-refractivity contribution in [3.8, 4) is 0 Å². The third kappa shape index (κ3) is 7.11. The van der Waals surface area contributed by atoms with E-state index in [0.29, 0.717) is 31.2 Å². The number of aliphatic hydroxyl groups is 1. The molecule has 0 unspecified atom stereocenters. The molecule has 11 heteroatoms. The number of methoxy groups -OCH3 is 1. The SMILES string of the molecule is C=CCCC(=O)N[C@H](COC)[C@H](OC(=O)[C@@H]1[C@H]2C(=O)N([C@@H](CC)CO)[C@H](C(=O)N(CC=C)c3c(C)cccc3C)[C@]23CC[C@H]1O3)c1ccccc1. The van der Waals surface area contributed by atoms with Gasteiger partial charge in [0.25, 0.3) is 5.91 Å². The molecule has 0 aromatic heterocycles. The lowest BCUT2D eigenvalue weighted by Crippen LogP contribution is -2.59. The van der Waals surface area contributed by atoms with E-state index in [4.69, 9.17) is 14.2 Å². The second kappa shape index (κ2) is 16.4. The number of carbonyl (C=O) groups is 4. The molecule has 2 aromatic rings. The minimum Gasteiger partial charge on any atom is -0.455 e. The number of fused-ring (bicyclic) bond motifs is 1. The number of anilines is 1. The van der Waals surface area contributed by atoms with Crippen LogP contribution in [0.4, 0.5) is 5.69 Å². The van der Waals surface area contributed by atoms with Crippen LogP contribution in [0.15, 0.2) is 73.8 Å². The van der Waals surface area contributed by atoms with Gasteiger partial charge in [-0.25, -0.2) is 0 Å². The van der Waals surface area contributed by atoms with Gasteiger partial charge in [-0.15, -0.1) is 13.2 Å².